The summed E-state index contributed by atoms with van der Waals surface area (Å²) in [6.45, 7) is 8.81. The number of rotatable bonds is 7. The van der Waals surface area contributed by atoms with Gasteiger partial charge in [-0.3, -0.25) is 9.59 Å². The van der Waals surface area contributed by atoms with E-state index in [1.165, 1.54) is 6.26 Å². The first-order chi connectivity index (χ1) is 10.2. The summed E-state index contributed by atoms with van der Waals surface area (Å²) in [4.78, 5) is 26.3. The molecule has 3 N–H and O–H groups in total. The molecule has 0 spiro atoms. The molecule has 1 unspecified atom stereocenters. The number of carbonyl (C=O) groups is 2. The second kappa shape index (κ2) is 7.45. The maximum Gasteiger partial charge on any atom is 0.287 e. The molecule has 124 valence electrons. The number of nitrogens with one attached hydrogen (secondary N) is 1. The van der Waals surface area contributed by atoms with Crippen LogP contribution in [0.1, 0.15) is 38.2 Å². The number of nitrogens with zero attached hydrogens (tertiary/aromatic N) is 1. The molecule has 0 bridgehead atoms. The van der Waals surface area contributed by atoms with Crippen LogP contribution < -0.4 is 11.1 Å². The SMILES string of the molecule is CC(C)C(NC(=O)c1ccco1)C(=O)N(C)CC(C)(C)CN. The number of hydrogen-bond donors (Lipinski definition) is 2. The molecule has 6 nitrogen and oxygen atoms in total. The number of likely N-dealkylation sites (N-methyl/N-ethyl adjacent to an activating group) is 1. The van der Waals surface area contributed by atoms with E-state index >= 15 is 0 Å². The summed E-state index contributed by atoms with van der Waals surface area (Å²) in [7, 11) is 1.73. The van der Waals surface area contributed by atoms with Gasteiger partial charge in [-0.15, -0.1) is 0 Å². The number of hydrogen-bond acceptors (Lipinski definition) is 4. The van der Waals surface area contributed by atoms with Crippen molar-refractivity contribution in [3.05, 3.63) is 24.2 Å². The second-order valence-electron chi connectivity index (χ2n) is 6.74. The number of amides is 2. The van der Waals surface area contributed by atoms with E-state index in [2.05, 4.69) is 5.32 Å². The van der Waals surface area contributed by atoms with E-state index in [9.17, 15) is 9.59 Å². The van der Waals surface area contributed by atoms with E-state index in [4.69, 9.17) is 10.2 Å². The van der Waals surface area contributed by atoms with Gasteiger partial charge in [-0.2, -0.15) is 0 Å². The number of nitrogens with two attached hydrogens (primary N) is 1. The Labute approximate surface area is 132 Å². The van der Waals surface area contributed by atoms with Gasteiger partial charge in [0.1, 0.15) is 6.04 Å². The summed E-state index contributed by atoms with van der Waals surface area (Å²) in [5, 5.41) is 2.75. The zero-order valence-corrected chi connectivity index (χ0v) is 14.1. The molecular formula is C16H27N3O3. The summed E-state index contributed by atoms with van der Waals surface area (Å²) >= 11 is 0. The lowest BCUT2D eigenvalue weighted by molar-refractivity contribution is -0.134. The summed E-state index contributed by atoms with van der Waals surface area (Å²) in [6, 6.07) is 2.60. The van der Waals surface area contributed by atoms with Crippen molar-refractivity contribution in [1.82, 2.24) is 10.2 Å². The topological polar surface area (TPSA) is 88.6 Å². The maximum absolute atomic E-state index is 12.6. The first kappa shape index (κ1) is 18.2. The molecule has 0 fully saturated rings. The fraction of sp³-hybridized carbons (Fsp3) is 0.625. The van der Waals surface area contributed by atoms with Crippen molar-refractivity contribution < 1.29 is 14.0 Å². The highest BCUT2D eigenvalue weighted by Gasteiger charge is 2.30. The highest BCUT2D eigenvalue weighted by molar-refractivity contribution is 5.95. The quantitative estimate of drug-likeness (QED) is 0.798. The highest BCUT2D eigenvalue weighted by atomic mass is 16.3. The summed E-state index contributed by atoms with van der Waals surface area (Å²) in [5.41, 5.74) is 5.55. The van der Waals surface area contributed by atoms with E-state index in [-0.39, 0.29) is 28.9 Å². The Morgan fingerprint density at radius 2 is 2.05 bits per heavy atom. The van der Waals surface area contributed by atoms with Crippen LogP contribution in [0.5, 0.6) is 0 Å². The molecule has 1 aromatic heterocycles. The average Bonchev–Trinajstić information content (AvgIpc) is 2.97. The van der Waals surface area contributed by atoms with E-state index in [1.54, 1.807) is 24.1 Å². The third-order valence-corrected chi connectivity index (χ3v) is 3.56. The molecule has 6 heteroatoms. The molecule has 0 saturated carbocycles. The van der Waals surface area contributed by atoms with Gasteiger partial charge >= 0.3 is 0 Å². The fourth-order valence-electron chi connectivity index (χ4n) is 2.16. The minimum Gasteiger partial charge on any atom is -0.459 e. The van der Waals surface area contributed by atoms with Crippen molar-refractivity contribution in [1.29, 1.82) is 0 Å². The van der Waals surface area contributed by atoms with Crippen LogP contribution in [0.15, 0.2) is 22.8 Å². The van der Waals surface area contributed by atoms with Gasteiger partial charge in [-0.25, -0.2) is 0 Å². The van der Waals surface area contributed by atoms with Crippen LogP contribution in [0.25, 0.3) is 0 Å². The molecule has 0 aliphatic heterocycles. The Kier molecular flexibility index (Phi) is 6.17. The molecule has 0 aliphatic carbocycles. The third-order valence-electron chi connectivity index (χ3n) is 3.56. The van der Waals surface area contributed by atoms with E-state index < -0.39 is 6.04 Å². The first-order valence-electron chi connectivity index (χ1n) is 7.47. The molecule has 0 aromatic carbocycles. The molecule has 0 radical (unpaired) electrons. The summed E-state index contributed by atoms with van der Waals surface area (Å²) in [5.74, 6) is -0.349. The van der Waals surface area contributed by atoms with Crippen molar-refractivity contribution in [3.8, 4) is 0 Å². The summed E-state index contributed by atoms with van der Waals surface area (Å²) < 4.78 is 5.06. The van der Waals surface area contributed by atoms with Crippen molar-refractivity contribution in [2.45, 2.75) is 33.7 Å². The van der Waals surface area contributed by atoms with Crippen LogP contribution in [0, 0.1) is 11.3 Å². The van der Waals surface area contributed by atoms with Gasteiger partial charge in [0, 0.05) is 13.6 Å². The Balaban J connectivity index is 2.78. The van der Waals surface area contributed by atoms with E-state index in [0.717, 1.165) is 0 Å². The largest absolute Gasteiger partial charge is 0.459 e. The molecule has 1 rings (SSSR count). The average molecular weight is 309 g/mol. The number of furan rings is 1. The van der Waals surface area contributed by atoms with E-state index in [1.807, 2.05) is 27.7 Å². The Morgan fingerprint density at radius 3 is 2.50 bits per heavy atom. The lowest BCUT2D eigenvalue weighted by Gasteiger charge is -2.32. The van der Waals surface area contributed by atoms with Crippen LogP contribution in [0.2, 0.25) is 0 Å². The van der Waals surface area contributed by atoms with Crippen molar-refractivity contribution in [2.24, 2.45) is 17.1 Å². The van der Waals surface area contributed by atoms with Crippen LogP contribution in [-0.4, -0.2) is 42.9 Å². The van der Waals surface area contributed by atoms with Crippen LogP contribution >= 0.6 is 0 Å². The van der Waals surface area contributed by atoms with Crippen molar-refractivity contribution in [3.63, 3.8) is 0 Å². The van der Waals surface area contributed by atoms with Gasteiger partial charge in [0.2, 0.25) is 5.91 Å². The second-order valence-corrected chi connectivity index (χ2v) is 6.74. The third kappa shape index (κ3) is 4.87. The molecular weight excluding hydrogens is 282 g/mol. The van der Waals surface area contributed by atoms with Crippen LogP contribution in [-0.2, 0) is 4.79 Å². The first-order valence-corrected chi connectivity index (χ1v) is 7.47. The number of carbonyl (C=O) groups excluding carboxylic acids is 2. The molecule has 1 atom stereocenters. The zero-order valence-electron chi connectivity index (χ0n) is 14.1. The molecule has 2 amide bonds. The molecule has 1 heterocycles. The Bertz CT molecular complexity index is 495. The smallest absolute Gasteiger partial charge is 0.287 e. The van der Waals surface area contributed by atoms with Gasteiger partial charge in [0.15, 0.2) is 5.76 Å². The predicted molar refractivity (Wildman–Crippen MR) is 85.3 cm³/mol. The standard InChI is InChI=1S/C16H27N3O3/c1-11(2)13(18-14(20)12-7-6-8-22-12)15(21)19(5)10-16(3,4)9-17/h6-8,11,13H,9-10,17H2,1-5H3,(H,18,20). The van der Waals surface area contributed by atoms with Gasteiger partial charge in [0.25, 0.3) is 5.91 Å². The lowest BCUT2D eigenvalue weighted by Crippen LogP contribution is -2.52. The zero-order chi connectivity index (χ0) is 16.9. The van der Waals surface area contributed by atoms with Crippen LogP contribution in [0.3, 0.4) is 0 Å². The van der Waals surface area contributed by atoms with Gasteiger partial charge < -0.3 is 20.4 Å². The van der Waals surface area contributed by atoms with Gasteiger partial charge in [0.05, 0.1) is 6.26 Å². The predicted octanol–water partition coefficient (Wildman–Crippen LogP) is 1.48. The molecule has 0 saturated heterocycles. The minimum absolute atomic E-state index is 0.0325. The fourth-order valence-corrected chi connectivity index (χ4v) is 2.16. The maximum atomic E-state index is 12.6. The van der Waals surface area contributed by atoms with Gasteiger partial charge in [-0.05, 0) is 30.0 Å². The molecule has 22 heavy (non-hydrogen) atoms. The van der Waals surface area contributed by atoms with Gasteiger partial charge in [-0.1, -0.05) is 27.7 Å². The normalized spacial score (nSPS) is 13.0. The lowest BCUT2D eigenvalue weighted by atomic mass is 9.92. The minimum atomic E-state index is -0.601. The monoisotopic (exact) mass is 309 g/mol. The Hall–Kier alpha value is -1.82. The van der Waals surface area contributed by atoms with E-state index in [0.29, 0.717) is 13.1 Å². The summed E-state index contributed by atoms with van der Waals surface area (Å²) in [6.07, 6.45) is 1.43. The van der Waals surface area contributed by atoms with Crippen LogP contribution in [0.4, 0.5) is 0 Å². The van der Waals surface area contributed by atoms with Crippen molar-refractivity contribution in [2.75, 3.05) is 20.1 Å². The highest BCUT2D eigenvalue weighted by Crippen LogP contribution is 2.16. The molecule has 1 aromatic rings. The van der Waals surface area contributed by atoms with Crippen molar-refractivity contribution >= 4 is 11.8 Å². The molecule has 0 aliphatic rings. The Morgan fingerprint density at radius 1 is 1.41 bits per heavy atom.